The lowest BCUT2D eigenvalue weighted by Crippen LogP contribution is -2.52. The molecule has 1 amide bonds. The van der Waals surface area contributed by atoms with E-state index in [1.165, 1.54) is 5.56 Å². The lowest BCUT2D eigenvalue weighted by atomic mass is 10.1. The Morgan fingerprint density at radius 2 is 1.91 bits per heavy atom. The fourth-order valence-electron chi connectivity index (χ4n) is 3.13. The molecule has 1 aromatic rings. The summed E-state index contributed by atoms with van der Waals surface area (Å²) in [7, 11) is 0. The van der Waals surface area contributed by atoms with E-state index < -0.39 is 0 Å². The molecule has 22 heavy (non-hydrogen) atoms. The molecule has 0 aliphatic carbocycles. The predicted octanol–water partition coefficient (Wildman–Crippen LogP) is 0.871. The second kappa shape index (κ2) is 7.22. The highest BCUT2D eigenvalue weighted by molar-refractivity contribution is 5.81. The maximum absolute atomic E-state index is 12.6. The van der Waals surface area contributed by atoms with Gasteiger partial charge in [-0.2, -0.15) is 0 Å². The van der Waals surface area contributed by atoms with Gasteiger partial charge in [0.25, 0.3) is 5.91 Å². The monoisotopic (exact) mass is 304 g/mol. The van der Waals surface area contributed by atoms with Crippen molar-refractivity contribution in [3.8, 4) is 0 Å². The number of benzene rings is 1. The molecule has 0 aromatic heterocycles. The van der Waals surface area contributed by atoms with Crippen LogP contribution >= 0.6 is 0 Å². The molecule has 1 atom stereocenters. The van der Waals surface area contributed by atoms with Gasteiger partial charge in [0.2, 0.25) is 0 Å². The topological polar surface area (TPSA) is 53.0 Å². The number of hydrogen-bond donors (Lipinski definition) is 1. The Morgan fingerprint density at radius 3 is 2.64 bits per heavy atom. The summed E-state index contributed by atoms with van der Waals surface area (Å²) in [6.45, 7) is 4.23. The third-order valence-electron chi connectivity index (χ3n) is 4.45. The summed E-state index contributed by atoms with van der Waals surface area (Å²) in [5.74, 6) is 0.0738. The van der Waals surface area contributed by atoms with E-state index in [1.807, 2.05) is 23.1 Å². The van der Waals surface area contributed by atoms with Crippen molar-refractivity contribution in [1.82, 2.24) is 9.80 Å². The van der Waals surface area contributed by atoms with Crippen LogP contribution in [0.5, 0.6) is 0 Å². The third-order valence-corrected chi connectivity index (χ3v) is 4.45. The number of likely N-dealkylation sites (tertiary alicyclic amines) is 1. The molecule has 1 N–H and O–H groups in total. The number of aliphatic hydroxyl groups is 1. The molecule has 2 aliphatic rings. The molecule has 5 heteroatoms. The van der Waals surface area contributed by atoms with Gasteiger partial charge < -0.3 is 14.7 Å². The number of rotatable bonds is 3. The van der Waals surface area contributed by atoms with Crippen molar-refractivity contribution in [2.24, 2.45) is 0 Å². The molecule has 120 valence electrons. The second-order valence-corrected chi connectivity index (χ2v) is 6.14. The maximum atomic E-state index is 12.6. The van der Waals surface area contributed by atoms with Gasteiger partial charge in [0, 0.05) is 32.7 Å². The van der Waals surface area contributed by atoms with Crippen LogP contribution in [-0.4, -0.2) is 65.8 Å². The van der Waals surface area contributed by atoms with Crippen molar-refractivity contribution in [2.45, 2.75) is 31.6 Å². The van der Waals surface area contributed by atoms with Gasteiger partial charge in [-0.25, -0.2) is 0 Å². The number of carbonyl (C=O) groups is 1. The zero-order chi connectivity index (χ0) is 15.4. The first kappa shape index (κ1) is 15.5. The van der Waals surface area contributed by atoms with Crippen LogP contribution in [0, 0.1) is 0 Å². The minimum Gasteiger partial charge on any atom is -0.393 e. The van der Waals surface area contributed by atoms with Crippen molar-refractivity contribution in [1.29, 1.82) is 0 Å². The zero-order valence-corrected chi connectivity index (χ0v) is 12.9. The minimum atomic E-state index is -0.368. The maximum Gasteiger partial charge on any atom is 0.253 e. The molecule has 3 rings (SSSR count). The highest BCUT2D eigenvalue weighted by Gasteiger charge is 2.31. The second-order valence-electron chi connectivity index (χ2n) is 6.14. The van der Waals surface area contributed by atoms with Gasteiger partial charge in [-0.1, -0.05) is 30.3 Å². The van der Waals surface area contributed by atoms with E-state index >= 15 is 0 Å². The Balaban J connectivity index is 1.55. The van der Waals surface area contributed by atoms with E-state index in [0.29, 0.717) is 39.1 Å². The van der Waals surface area contributed by atoms with E-state index in [9.17, 15) is 9.90 Å². The molecule has 2 saturated heterocycles. The van der Waals surface area contributed by atoms with Crippen molar-refractivity contribution in [3.05, 3.63) is 35.9 Å². The van der Waals surface area contributed by atoms with Gasteiger partial charge in [-0.15, -0.1) is 0 Å². The number of carbonyl (C=O) groups excluding carboxylic acids is 1. The summed E-state index contributed by atoms with van der Waals surface area (Å²) in [4.78, 5) is 16.7. The van der Waals surface area contributed by atoms with Crippen LogP contribution in [0.15, 0.2) is 30.3 Å². The Kier molecular flexibility index (Phi) is 5.08. The van der Waals surface area contributed by atoms with Gasteiger partial charge >= 0.3 is 0 Å². The first-order valence-corrected chi connectivity index (χ1v) is 8.07. The first-order valence-electron chi connectivity index (χ1n) is 8.07. The largest absolute Gasteiger partial charge is 0.393 e. The number of hydrogen-bond acceptors (Lipinski definition) is 4. The molecule has 0 spiro atoms. The number of piperidine rings is 1. The molecule has 0 saturated carbocycles. The minimum absolute atomic E-state index is 0.0738. The van der Waals surface area contributed by atoms with Crippen LogP contribution < -0.4 is 0 Å². The molecule has 5 nitrogen and oxygen atoms in total. The molecular formula is C17H24N2O3. The van der Waals surface area contributed by atoms with Gasteiger partial charge in [0.15, 0.2) is 0 Å². The summed E-state index contributed by atoms with van der Waals surface area (Å²) < 4.78 is 5.69. The van der Waals surface area contributed by atoms with Gasteiger partial charge in [0.05, 0.1) is 12.7 Å². The Bertz CT molecular complexity index is 486. The van der Waals surface area contributed by atoms with Crippen LogP contribution in [0.4, 0.5) is 0 Å². The Morgan fingerprint density at radius 1 is 1.18 bits per heavy atom. The zero-order valence-electron chi connectivity index (χ0n) is 12.9. The van der Waals surface area contributed by atoms with E-state index in [-0.39, 0.29) is 18.1 Å². The number of morpholine rings is 1. The normalized spacial score (nSPS) is 24.4. The quantitative estimate of drug-likeness (QED) is 0.900. The van der Waals surface area contributed by atoms with Crippen LogP contribution in [0.3, 0.4) is 0 Å². The summed E-state index contributed by atoms with van der Waals surface area (Å²) in [5.41, 5.74) is 1.26. The lowest BCUT2D eigenvalue weighted by Gasteiger charge is -2.37. The van der Waals surface area contributed by atoms with E-state index in [2.05, 4.69) is 17.0 Å². The molecule has 2 heterocycles. The first-order chi connectivity index (χ1) is 10.7. The summed E-state index contributed by atoms with van der Waals surface area (Å²) in [6, 6.07) is 10.3. The van der Waals surface area contributed by atoms with Crippen molar-refractivity contribution >= 4 is 5.91 Å². The third kappa shape index (κ3) is 3.85. The average Bonchev–Trinajstić information content (AvgIpc) is 2.56. The van der Waals surface area contributed by atoms with Crippen molar-refractivity contribution in [2.75, 3.05) is 32.8 Å². The molecule has 1 unspecified atom stereocenters. The summed E-state index contributed by atoms with van der Waals surface area (Å²) in [6.07, 6.45) is 0.719. The van der Waals surface area contributed by atoms with E-state index in [4.69, 9.17) is 4.74 Å². The Labute approximate surface area is 131 Å². The number of aliphatic hydroxyl groups excluding tert-OH is 1. The lowest BCUT2D eigenvalue weighted by molar-refractivity contribution is -0.151. The standard InChI is InChI=1S/C17H24N2O3/c20-15-6-8-19(9-7-15)17(21)16-13-18(10-11-22-16)12-14-4-2-1-3-5-14/h1-5,15-16,20H,6-13H2. The predicted molar refractivity (Wildman–Crippen MR) is 83.3 cm³/mol. The summed E-state index contributed by atoms with van der Waals surface area (Å²) in [5, 5.41) is 9.55. The van der Waals surface area contributed by atoms with Gasteiger partial charge in [-0.3, -0.25) is 9.69 Å². The van der Waals surface area contributed by atoms with E-state index in [1.54, 1.807) is 0 Å². The molecule has 0 radical (unpaired) electrons. The molecule has 2 aliphatic heterocycles. The average molecular weight is 304 g/mol. The fraction of sp³-hybridized carbons (Fsp3) is 0.588. The van der Waals surface area contributed by atoms with Crippen LogP contribution in [0.2, 0.25) is 0 Å². The van der Waals surface area contributed by atoms with Gasteiger partial charge in [-0.05, 0) is 18.4 Å². The van der Waals surface area contributed by atoms with Crippen LogP contribution in [0.25, 0.3) is 0 Å². The highest BCUT2D eigenvalue weighted by Crippen LogP contribution is 2.16. The van der Waals surface area contributed by atoms with Gasteiger partial charge in [0.1, 0.15) is 6.10 Å². The highest BCUT2D eigenvalue weighted by atomic mass is 16.5. The van der Waals surface area contributed by atoms with Crippen molar-refractivity contribution < 1.29 is 14.6 Å². The number of ether oxygens (including phenoxy) is 1. The fourth-order valence-corrected chi connectivity index (χ4v) is 3.13. The van der Waals surface area contributed by atoms with Crippen LogP contribution in [-0.2, 0) is 16.1 Å². The number of amides is 1. The smallest absolute Gasteiger partial charge is 0.253 e. The SMILES string of the molecule is O=C(C1CN(Cc2ccccc2)CCO1)N1CCC(O)CC1. The molecule has 0 bridgehead atoms. The summed E-state index contributed by atoms with van der Waals surface area (Å²) >= 11 is 0. The van der Waals surface area contributed by atoms with Crippen molar-refractivity contribution in [3.63, 3.8) is 0 Å². The Hall–Kier alpha value is -1.43. The molecule has 2 fully saturated rings. The number of nitrogens with zero attached hydrogens (tertiary/aromatic N) is 2. The van der Waals surface area contributed by atoms with Crippen LogP contribution in [0.1, 0.15) is 18.4 Å². The molecule has 1 aromatic carbocycles. The molecular weight excluding hydrogens is 280 g/mol. The van der Waals surface area contributed by atoms with E-state index in [0.717, 1.165) is 13.1 Å².